The number of ketones is 1. The SMILES string of the molecule is CCOC(=O)CN1CCN(c2cc(C(=O)CN3Cc4cc(OCC)c(C(=O)NC)cc4C3=N)cc(C(C)(C)C)c2OC)CC1. The van der Waals surface area contributed by atoms with Gasteiger partial charge in [0.25, 0.3) is 5.91 Å². The Balaban J connectivity index is 1.59. The fraction of sp³-hybridized carbons (Fsp3) is 0.515. The molecule has 0 bridgehead atoms. The number of hydrogen-bond acceptors (Lipinski definition) is 9. The highest BCUT2D eigenvalue weighted by molar-refractivity contribution is 6.08. The lowest BCUT2D eigenvalue weighted by Crippen LogP contribution is -2.48. The molecule has 0 spiro atoms. The van der Waals surface area contributed by atoms with E-state index in [9.17, 15) is 14.4 Å². The Morgan fingerprint density at radius 2 is 1.68 bits per heavy atom. The van der Waals surface area contributed by atoms with Crippen molar-refractivity contribution < 1.29 is 28.6 Å². The average molecular weight is 608 g/mol. The minimum atomic E-state index is -0.301. The number of hydrogen-bond donors (Lipinski definition) is 2. The third-order valence-corrected chi connectivity index (χ3v) is 8.02. The summed E-state index contributed by atoms with van der Waals surface area (Å²) in [5.74, 6) is 0.761. The maximum atomic E-state index is 13.9. The number of benzene rings is 2. The molecule has 4 rings (SSSR count). The van der Waals surface area contributed by atoms with Crippen LogP contribution in [0.1, 0.15) is 72.0 Å². The Morgan fingerprint density at radius 3 is 2.27 bits per heavy atom. The van der Waals surface area contributed by atoms with E-state index >= 15 is 0 Å². The number of fused-ring (bicyclic) bond motifs is 1. The molecule has 1 fully saturated rings. The van der Waals surface area contributed by atoms with Gasteiger partial charge in [0.05, 0.1) is 44.7 Å². The first-order chi connectivity index (χ1) is 20.9. The van der Waals surface area contributed by atoms with Gasteiger partial charge in [-0.1, -0.05) is 20.8 Å². The third kappa shape index (κ3) is 6.99. The Labute approximate surface area is 259 Å². The van der Waals surface area contributed by atoms with Crippen molar-refractivity contribution in [1.29, 1.82) is 5.41 Å². The molecule has 1 amide bonds. The molecule has 1 saturated heterocycles. The van der Waals surface area contributed by atoms with E-state index in [0.29, 0.717) is 68.4 Å². The number of amides is 1. The van der Waals surface area contributed by atoms with Crippen LogP contribution in [0.4, 0.5) is 5.69 Å². The van der Waals surface area contributed by atoms with Crippen LogP contribution in [0, 0.1) is 5.41 Å². The Hall–Kier alpha value is -4.12. The molecule has 0 atom stereocenters. The monoisotopic (exact) mass is 607 g/mol. The van der Waals surface area contributed by atoms with Crippen LogP contribution in [-0.4, -0.2) is 99.9 Å². The van der Waals surface area contributed by atoms with E-state index in [2.05, 4.69) is 35.9 Å². The van der Waals surface area contributed by atoms with E-state index in [0.717, 1.165) is 22.6 Å². The topological polar surface area (TPSA) is 125 Å². The quantitative estimate of drug-likeness (QED) is 0.292. The highest BCUT2D eigenvalue weighted by atomic mass is 16.5. The van der Waals surface area contributed by atoms with Gasteiger partial charge in [-0.15, -0.1) is 0 Å². The Morgan fingerprint density at radius 1 is 0.977 bits per heavy atom. The standard InChI is InChI=1S/C33H45N5O6/c1-8-43-28-16-22-18-38(31(34)23(22)17-24(28)32(41)35-6)19-27(39)21-14-25(33(3,4)5)30(42-7)26(15-21)37-12-10-36(11-13-37)20-29(40)44-9-2/h14-17,34H,8-13,18-20H2,1-7H3,(H,35,41). The van der Waals surface area contributed by atoms with Gasteiger partial charge in [-0.3, -0.25) is 24.7 Å². The highest BCUT2D eigenvalue weighted by Crippen LogP contribution is 2.41. The molecule has 0 unspecified atom stereocenters. The van der Waals surface area contributed by atoms with Crippen molar-refractivity contribution in [3.63, 3.8) is 0 Å². The summed E-state index contributed by atoms with van der Waals surface area (Å²) in [5.41, 5.74) is 3.83. The number of amidine groups is 1. The van der Waals surface area contributed by atoms with Crippen molar-refractivity contribution in [2.45, 2.75) is 46.6 Å². The molecule has 2 aromatic carbocycles. The number of esters is 1. The van der Waals surface area contributed by atoms with E-state index in [1.54, 1.807) is 38.1 Å². The second-order valence-corrected chi connectivity index (χ2v) is 12.0. The maximum Gasteiger partial charge on any atom is 0.320 e. The van der Waals surface area contributed by atoms with E-state index in [1.165, 1.54) is 0 Å². The van der Waals surface area contributed by atoms with Crippen LogP contribution in [0.15, 0.2) is 24.3 Å². The predicted octanol–water partition coefficient (Wildman–Crippen LogP) is 3.46. The minimum absolute atomic E-state index is 0.00938. The number of anilines is 1. The van der Waals surface area contributed by atoms with Crippen LogP contribution in [0.3, 0.4) is 0 Å². The summed E-state index contributed by atoms with van der Waals surface area (Å²) in [6.45, 7) is 14.0. The molecule has 2 aliphatic rings. The first-order valence-electron chi connectivity index (χ1n) is 15.2. The van der Waals surface area contributed by atoms with Crippen molar-refractivity contribution in [3.05, 3.63) is 52.1 Å². The number of carbonyl (C=O) groups excluding carboxylic acids is 3. The molecule has 11 nitrogen and oxygen atoms in total. The number of methoxy groups -OCH3 is 1. The van der Waals surface area contributed by atoms with Gasteiger partial charge in [-0.2, -0.15) is 0 Å². The summed E-state index contributed by atoms with van der Waals surface area (Å²) in [6.07, 6.45) is 0. The molecule has 2 heterocycles. The second kappa shape index (κ2) is 13.7. The molecule has 0 saturated carbocycles. The zero-order valence-corrected chi connectivity index (χ0v) is 27.0. The lowest BCUT2D eigenvalue weighted by Gasteiger charge is -2.37. The normalized spacial score (nSPS) is 15.2. The van der Waals surface area contributed by atoms with Gasteiger partial charge in [0.1, 0.15) is 17.3 Å². The first kappa shape index (κ1) is 32.8. The molecule has 238 valence electrons. The number of Topliss-reactive ketones (excluding diaryl/α,β-unsaturated/α-hetero) is 1. The van der Waals surface area contributed by atoms with Crippen molar-refractivity contribution in [3.8, 4) is 11.5 Å². The predicted molar refractivity (Wildman–Crippen MR) is 170 cm³/mol. The van der Waals surface area contributed by atoms with Crippen LogP contribution in [0.25, 0.3) is 0 Å². The molecule has 44 heavy (non-hydrogen) atoms. The van der Waals surface area contributed by atoms with Crippen LogP contribution in [0.5, 0.6) is 11.5 Å². The Bertz CT molecular complexity index is 1420. The molecule has 2 aliphatic heterocycles. The second-order valence-electron chi connectivity index (χ2n) is 12.0. The molecule has 0 aliphatic carbocycles. The number of nitrogens with zero attached hydrogens (tertiary/aromatic N) is 3. The molecule has 0 aromatic heterocycles. The summed E-state index contributed by atoms with van der Waals surface area (Å²) in [4.78, 5) is 44.4. The molecule has 11 heteroatoms. The highest BCUT2D eigenvalue weighted by Gasteiger charge is 2.32. The van der Waals surface area contributed by atoms with Crippen LogP contribution >= 0.6 is 0 Å². The fourth-order valence-corrected chi connectivity index (χ4v) is 5.73. The van der Waals surface area contributed by atoms with Gasteiger partial charge in [0.15, 0.2) is 5.78 Å². The van der Waals surface area contributed by atoms with Gasteiger partial charge in [-0.05, 0) is 49.1 Å². The molecule has 2 aromatic rings. The lowest BCUT2D eigenvalue weighted by molar-refractivity contribution is -0.144. The number of nitrogens with one attached hydrogen (secondary N) is 2. The summed E-state index contributed by atoms with van der Waals surface area (Å²) >= 11 is 0. The molecule has 0 radical (unpaired) electrons. The van der Waals surface area contributed by atoms with Crippen molar-refractivity contribution in [1.82, 2.24) is 15.1 Å². The van der Waals surface area contributed by atoms with Gasteiger partial charge in [0.2, 0.25) is 0 Å². The third-order valence-electron chi connectivity index (χ3n) is 8.02. The average Bonchev–Trinajstić information content (AvgIpc) is 3.29. The van der Waals surface area contributed by atoms with Crippen molar-refractivity contribution >= 4 is 29.2 Å². The number of ether oxygens (including phenoxy) is 3. The summed E-state index contributed by atoms with van der Waals surface area (Å²) < 4.78 is 16.8. The minimum Gasteiger partial charge on any atom is -0.494 e. The maximum absolute atomic E-state index is 13.9. The van der Waals surface area contributed by atoms with Gasteiger partial charge >= 0.3 is 5.97 Å². The zero-order chi connectivity index (χ0) is 32.2. The van der Waals surface area contributed by atoms with Crippen LogP contribution in [0.2, 0.25) is 0 Å². The number of piperazine rings is 1. The van der Waals surface area contributed by atoms with E-state index in [-0.39, 0.29) is 42.0 Å². The van der Waals surface area contributed by atoms with Gasteiger partial charge in [-0.25, -0.2) is 0 Å². The van der Waals surface area contributed by atoms with Crippen molar-refractivity contribution in [2.24, 2.45) is 0 Å². The van der Waals surface area contributed by atoms with Crippen LogP contribution < -0.4 is 19.7 Å². The number of rotatable bonds is 11. The van der Waals surface area contributed by atoms with E-state index < -0.39 is 0 Å². The van der Waals surface area contributed by atoms with Gasteiger partial charge < -0.3 is 29.3 Å². The van der Waals surface area contributed by atoms with Crippen molar-refractivity contribution in [2.75, 3.05) is 71.5 Å². The smallest absolute Gasteiger partial charge is 0.320 e. The summed E-state index contributed by atoms with van der Waals surface area (Å²) in [5, 5.41) is 11.5. The van der Waals surface area contributed by atoms with Crippen LogP contribution in [-0.2, 0) is 21.5 Å². The fourth-order valence-electron chi connectivity index (χ4n) is 5.73. The lowest BCUT2D eigenvalue weighted by atomic mass is 9.84. The Kier molecular flexibility index (Phi) is 10.2. The zero-order valence-electron chi connectivity index (χ0n) is 27.0. The largest absolute Gasteiger partial charge is 0.494 e. The molecule has 2 N–H and O–H groups in total. The molecular formula is C33H45N5O6. The van der Waals surface area contributed by atoms with Gasteiger partial charge in [0, 0.05) is 56.5 Å². The van der Waals surface area contributed by atoms with E-state index in [1.807, 2.05) is 19.1 Å². The first-order valence-corrected chi connectivity index (χ1v) is 15.2. The molecular weight excluding hydrogens is 562 g/mol. The summed E-state index contributed by atoms with van der Waals surface area (Å²) in [6, 6.07) is 7.27. The summed E-state index contributed by atoms with van der Waals surface area (Å²) in [7, 11) is 3.21. The van der Waals surface area contributed by atoms with E-state index in [4.69, 9.17) is 19.6 Å². The number of carbonyl (C=O) groups is 3.